The average Bonchev–Trinajstić information content (AvgIpc) is 2.42. The molecule has 1 unspecified atom stereocenters. The quantitative estimate of drug-likeness (QED) is 0.729. The van der Waals surface area contributed by atoms with Crippen LogP contribution in [0.5, 0.6) is 0 Å². The number of ketones is 1. The lowest BCUT2D eigenvalue weighted by atomic mass is 10.1. The van der Waals surface area contributed by atoms with Crippen molar-refractivity contribution in [3.05, 3.63) is 35.4 Å². The minimum Gasteiger partial charge on any atom is -0.480 e. The van der Waals surface area contributed by atoms with Crippen molar-refractivity contribution in [1.29, 1.82) is 0 Å². The Bertz CT molecular complexity index is 495. The normalized spacial score (nSPS) is 11.7. The third kappa shape index (κ3) is 4.47. The zero-order chi connectivity index (χ0) is 15.1. The van der Waals surface area contributed by atoms with Crippen molar-refractivity contribution in [2.75, 3.05) is 13.7 Å². The first-order valence-corrected chi connectivity index (χ1v) is 6.09. The number of carboxylic acids is 1. The summed E-state index contributed by atoms with van der Waals surface area (Å²) in [5.41, 5.74) is 0.800. The molecule has 6 nitrogen and oxygen atoms in total. The van der Waals surface area contributed by atoms with E-state index in [1.807, 2.05) is 0 Å². The number of benzene rings is 1. The SMILES string of the molecule is COCCC(NC(=O)c1ccc(C(C)=O)cc1)C(=O)O. The Kier molecular flexibility index (Phi) is 5.86. The van der Waals surface area contributed by atoms with Crippen LogP contribution in [0, 0.1) is 0 Å². The van der Waals surface area contributed by atoms with Crippen molar-refractivity contribution < 1.29 is 24.2 Å². The summed E-state index contributed by atoms with van der Waals surface area (Å²) < 4.78 is 4.80. The van der Waals surface area contributed by atoms with E-state index in [1.54, 1.807) is 0 Å². The van der Waals surface area contributed by atoms with E-state index in [0.29, 0.717) is 11.1 Å². The Labute approximate surface area is 116 Å². The topological polar surface area (TPSA) is 92.7 Å². The highest BCUT2D eigenvalue weighted by atomic mass is 16.5. The van der Waals surface area contributed by atoms with Gasteiger partial charge in [0.15, 0.2) is 5.78 Å². The summed E-state index contributed by atoms with van der Waals surface area (Å²) in [6.45, 7) is 1.67. The van der Waals surface area contributed by atoms with Crippen molar-refractivity contribution in [1.82, 2.24) is 5.32 Å². The van der Waals surface area contributed by atoms with Gasteiger partial charge in [-0.2, -0.15) is 0 Å². The van der Waals surface area contributed by atoms with Gasteiger partial charge >= 0.3 is 5.97 Å². The van der Waals surface area contributed by atoms with E-state index in [-0.39, 0.29) is 18.8 Å². The van der Waals surface area contributed by atoms with Crippen LogP contribution in [0.3, 0.4) is 0 Å². The Morgan fingerprint density at radius 1 is 1.20 bits per heavy atom. The van der Waals surface area contributed by atoms with Crippen molar-refractivity contribution >= 4 is 17.7 Å². The van der Waals surface area contributed by atoms with Gasteiger partial charge in [0, 0.05) is 31.3 Å². The van der Waals surface area contributed by atoms with Crippen molar-refractivity contribution in [2.45, 2.75) is 19.4 Å². The fourth-order valence-electron chi connectivity index (χ4n) is 1.59. The maximum Gasteiger partial charge on any atom is 0.326 e. The number of carbonyl (C=O) groups is 3. The number of hydrogen-bond donors (Lipinski definition) is 2. The molecular formula is C14H17NO5. The van der Waals surface area contributed by atoms with Crippen LogP contribution in [-0.4, -0.2) is 42.5 Å². The lowest BCUT2D eigenvalue weighted by molar-refractivity contribution is -0.139. The second kappa shape index (κ2) is 7.40. The van der Waals surface area contributed by atoms with Crippen molar-refractivity contribution in [3.63, 3.8) is 0 Å². The molecule has 1 aromatic carbocycles. The second-order valence-corrected chi connectivity index (χ2v) is 4.28. The molecule has 1 amide bonds. The number of Topliss-reactive ketones (excluding diaryl/α,β-unsaturated/α-hetero) is 1. The van der Waals surface area contributed by atoms with Gasteiger partial charge in [-0.25, -0.2) is 4.79 Å². The number of amides is 1. The Morgan fingerprint density at radius 3 is 2.20 bits per heavy atom. The summed E-state index contributed by atoms with van der Waals surface area (Å²) in [6.07, 6.45) is 0.184. The summed E-state index contributed by atoms with van der Waals surface area (Å²) in [6, 6.07) is 5.03. The number of rotatable bonds is 7. The molecule has 6 heteroatoms. The van der Waals surface area contributed by atoms with E-state index in [1.165, 1.54) is 38.3 Å². The highest BCUT2D eigenvalue weighted by Crippen LogP contribution is 2.06. The number of ether oxygens (including phenoxy) is 1. The van der Waals surface area contributed by atoms with Crippen LogP contribution in [0.2, 0.25) is 0 Å². The molecule has 0 bridgehead atoms. The minimum absolute atomic E-state index is 0.0968. The molecule has 1 atom stereocenters. The van der Waals surface area contributed by atoms with E-state index in [4.69, 9.17) is 9.84 Å². The molecule has 0 saturated heterocycles. The molecule has 20 heavy (non-hydrogen) atoms. The van der Waals surface area contributed by atoms with E-state index >= 15 is 0 Å². The standard InChI is InChI=1S/C14H17NO5/c1-9(16)10-3-5-11(6-4-10)13(17)15-12(14(18)19)7-8-20-2/h3-6,12H,7-8H2,1-2H3,(H,15,17)(H,18,19). The van der Waals surface area contributed by atoms with Gasteiger partial charge in [0.25, 0.3) is 5.91 Å². The molecule has 0 aliphatic carbocycles. The maximum atomic E-state index is 11.9. The molecule has 0 spiro atoms. The average molecular weight is 279 g/mol. The molecule has 0 radical (unpaired) electrons. The van der Waals surface area contributed by atoms with E-state index in [0.717, 1.165) is 0 Å². The van der Waals surface area contributed by atoms with Gasteiger partial charge in [0.1, 0.15) is 6.04 Å². The molecule has 2 N–H and O–H groups in total. The number of aliphatic carboxylic acids is 1. The highest BCUT2D eigenvalue weighted by molar-refractivity contribution is 5.98. The predicted octanol–water partition coefficient (Wildman–Crippen LogP) is 1.11. The predicted molar refractivity (Wildman–Crippen MR) is 71.8 cm³/mol. The Morgan fingerprint density at radius 2 is 1.75 bits per heavy atom. The van der Waals surface area contributed by atoms with Crippen LogP contribution in [-0.2, 0) is 9.53 Å². The van der Waals surface area contributed by atoms with Crippen LogP contribution >= 0.6 is 0 Å². The van der Waals surface area contributed by atoms with Gasteiger partial charge in [0.05, 0.1) is 0 Å². The minimum atomic E-state index is -1.12. The lowest BCUT2D eigenvalue weighted by Gasteiger charge is -2.14. The van der Waals surface area contributed by atoms with E-state index < -0.39 is 17.9 Å². The fraction of sp³-hybridized carbons (Fsp3) is 0.357. The van der Waals surface area contributed by atoms with Gasteiger partial charge in [0.2, 0.25) is 0 Å². The zero-order valence-electron chi connectivity index (χ0n) is 11.4. The number of methoxy groups -OCH3 is 1. The number of carboxylic acid groups (broad SMARTS) is 1. The Hall–Kier alpha value is -2.21. The zero-order valence-corrected chi connectivity index (χ0v) is 11.4. The van der Waals surface area contributed by atoms with Gasteiger partial charge in [-0.15, -0.1) is 0 Å². The van der Waals surface area contributed by atoms with Crippen molar-refractivity contribution in [2.24, 2.45) is 0 Å². The first-order valence-electron chi connectivity index (χ1n) is 6.09. The van der Waals surface area contributed by atoms with Gasteiger partial charge in [-0.05, 0) is 19.1 Å². The monoisotopic (exact) mass is 279 g/mol. The van der Waals surface area contributed by atoms with E-state index in [2.05, 4.69) is 5.32 Å². The fourth-order valence-corrected chi connectivity index (χ4v) is 1.59. The molecule has 108 valence electrons. The molecule has 0 fully saturated rings. The van der Waals surface area contributed by atoms with Crippen LogP contribution in [0.4, 0.5) is 0 Å². The molecule has 0 aliphatic rings. The summed E-state index contributed by atoms with van der Waals surface area (Å²) in [5, 5.41) is 11.4. The van der Waals surface area contributed by atoms with Crippen molar-refractivity contribution in [3.8, 4) is 0 Å². The largest absolute Gasteiger partial charge is 0.480 e. The van der Waals surface area contributed by atoms with Crippen LogP contribution < -0.4 is 5.32 Å². The van der Waals surface area contributed by atoms with Gasteiger partial charge in [-0.3, -0.25) is 9.59 Å². The molecule has 1 rings (SSSR count). The Balaban J connectivity index is 2.73. The summed E-state index contributed by atoms with van der Waals surface area (Å²) in [5.74, 6) is -1.71. The number of carbonyl (C=O) groups excluding carboxylic acids is 2. The summed E-state index contributed by atoms with van der Waals surface area (Å²) >= 11 is 0. The molecule has 0 saturated carbocycles. The van der Waals surface area contributed by atoms with E-state index in [9.17, 15) is 14.4 Å². The third-order valence-electron chi connectivity index (χ3n) is 2.77. The second-order valence-electron chi connectivity index (χ2n) is 4.28. The van der Waals surface area contributed by atoms with Gasteiger partial charge < -0.3 is 15.2 Å². The third-order valence-corrected chi connectivity index (χ3v) is 2.77. The molecule has 0 heterocycles. The highest BCUT2D eigenvalue weighted by Gasteiger charge is 2.20. The van der Waals surface area contributed by atoms with Crippen LogP contribution in [0.15, 0.2) is 24.3 Å². The number of nitrogens with one attached hydrogen (secondary N) is 1. The molecule has 0 aliphatic heterocycles. The smallest absolute Gasteiger partial charge is 0.326 e. The van der Waals surface area contributed by atoms with Crippen LogP contribution in [0.1, 0.15) is 34.1 Å². The molecule has 1 aromatic rings. The van der Waals surface area contributed by atoms with Crippen LogP contribution in [0.25, 0.3) is 0 Å². The van der Waals surface area contributed by atoms with Gasteiger partial charge in [-0.1, -0.05) is 12.1 Å². The first kappa shape index (κ1) is 15.8. The molecule has 0 aromatic heterocycles. The lowest BCUT2D eigenvalue weighted by Crippen LogP contribution is -2.41. The molecular weight excluding hydrogens is 262 g/mol. The maximum absolute atomic E-state index is 11.9. The number of hydrogen-bond acceptors (Lipinski definition) is 4. The first-order chi connectivity index (χ1) is 9.45. The summed E-state index contributed by atoms with van der Waals surface area (Å²) in [4.78, 5) is 34.0. The summed E-state index contributed by atoms with van der Waals surface area (Å²) in [7, 11) is 1.46.